The lowest BCUT2D eigenvalue weighted by Crippen LogP contribution is -2.15. The van der Waals surface area contributed by atoms with Crippen molar-refractivity contribution in [1.29, 1.82) is 0 Å². The van der Waals surface area contributed by atoms with Crippen LogP contribution in [0.4, 0.5) is 5.69 Å². The lowest BCUT2D eigenvalue weighted by Gasteiger charge is -2.13. The lowest BCUT2D eigenvalue weighted by molar-refractivity contribution is -0.113. The van der Waals surface area contributed by atoms with Gasteiger partial charge in [-0.1, -0.05) is 37.7 Å². The highest BCUT2D eigenvalue weighted by atomic mass is 32.2. The van der Waals surface area contributed by atoms with Crippen molar-refractivity contribution in [3.05, 3.63) is 40.5 Å². The fraction of sp³-hybridized carbons (Fsp3) is 0.417. The van der Waals surface area contributed by atoms with E-state index in [2.05, 4.69) is 33.8 Å². The molecule has 0 radical (unpaired) electrons. The molecule has 0 saturated heterocycles. The number of thiophene rings is 1. The van der Waals surface area contributed by atoms with Gasteiger partial charge in [0, 0.05) is 10.8 Å². The van der Waals surface area contributed by atoms with Crippen LogP contribution < -0.4 is 10.1 Å². The summed E-state index contributed by atoms with van der Waals surface area (Å²) in [4.78, 5) is 20.3. The maximum atomic E-state index is 12.7. The number of nitrogens with zero attached hydrogens (tertiary/aromatic N) is 4. The number of ether oxygens (including phenoxy) is 1. The van der Waals surface area contributed by atoms with E-state index < -0.39 is 0 Å². The third-order valence-corrected chi connectivity index (χ3v) is 7.88. The molecule has 5 rings (SSSR count). The molecule has 1 aliphatic carbocycles. The van der Waals surface area contributed by atoms with Gasteiger partial charge in [-0.2, -0.15) is 0 Å². The number of nitrogens with one attached hydrogen (secondary N) is 1. The van der Waals surface area contributed by atoms with Crippen LogP contribution in [-0.2, 0) is 17.6 Å². The zero-order chi connectivity index (χ0) is 22.9. The van der Waals surface area contributed by atoms with Gasteiger partial charge in [-0.15, -0.1) is 21.5 Å². The van der Waals surface area contributed by atoms with Crippen molar-refractivity contribution in [3.63, 3.8) is 0 Å². The van der Waals surface area contributed by atoms with Crippen molar-refractivity contribution in [1.82, 2.24) is 19.6 Å². The normalized spacial score (nSPS) is 13.6. The number of thioether (sulfide) groups is 1. The average Bonchev–Trinajstić information content (AvgIpc) is 3.39. The number of rotatable bonds is 7. The van der Waals surface area contributed by atoms with Crippen LogP contribution >= 0.6 is 23.1 Å². The molecule has 0 bridgehead atoms. The first-order valence-electron chi connectivity index (χ1n) is 11.4. The molecule has 1 aliphatic rings. The van der Waals surface area contributed by atoms with E-state index in [9.17, 15) is 4.79 Å². The predicted octanol–water partition coefficient (Wildman–Crippen LogP) is 5.47. The van der Waals surface area contributed by atoms with Gasteiger partial charge in [0.05, 0.1) is 23.4 Å². The van der Waals surface area contributed by atoms with E-state index in [1.807, 2.05) is 31.2 Å². The minimum Gasteiger partial charge on any atom is -0.492 e. The van der Waals surface area contributed by atoms with Crippen molar-refractivity contribution in [3.8, 4) is 5.75 Å². The number of aryl methyl sites for hydroxylation is 2. The van der Waals surface area contributed by atoms with E-state index in [4.69, 9.17) is 9.72 Å². The number of hydrogen-bond donors (Lipinski definition) is 1. The molecule has 1 N–H and O–H groups in total. The van der Waals surface area contributed by atoms with E-state index in [1.165, 1.54) is 35.0 Å². The summed E-state index contributed by atoms with van der Waals surface area (Å²) in [6.07, 6.45) is 4.64. The van der Waals surface area contributed by atoms with Crippen molar-refractivity contribution >= 4 is 50.6 Å². The zero-order valence-corrected chi connectivity index (χ0v) is 20.7. The van der Waals surface area contributed by atoms with Crippen LogP contribution in [0, 0.1) is 0 Å². The Bertz CT molecular complexity index is 1330. The van der Waals surface area contributed by atoms with Crippen LogP contribution in [-0.4, -0.2) is 37.8 Å². The van der Waals surface area contributed by atoms with Crippen molar-refractivity contribution < 1.29 is 9.53 Å². The highest BCUT2D eigenvalue weighted by Gasteiger charge is 2.24. The molecule has 0 atom stereocenters. The summed E-state index contributed by atoms with van der Waals surface area (Å²) in [5, 5.41) is 13.9. The van der Waals surface area contributed by atoms with Gasteiger partial charge in [0.2, 0.25) is 5.91 Å². The van der Waals surface area contributed by atoms with Crippen molar-refractivity contribution in [2.75, 3.05) is 17.7 Å². The highest BCUT2D eigenvalue weighted by Crippen LogP contribution is 2.39. The second-order valence-electron chi connectivity index (χ2n) is 8.42. The predicted molar refractivity (Wildman–Crippen MR) is 134 cm³/mol. The molecule has 0 fully saturated rings. The summed E-state index contributed by atoms with van der Waals surface area (Å²) in [6.45, 7) is 6.73. The van der Waals surface area contributed by atoms with Crippen LogP contribution in [0.25, 0.3) is 15.9 Å². The molecule has 0 aliphatic heterocycles. The summed E-state index contributed by atoms with van der Waals surface area (Å²) in [5.74, 6) is 1.92. The fourth-order valence-electron chi connectivity index (χ4n) is 4.30. The third kappa shape index (κ3) is 4.19. The molecule has 4 aromatic rings. The van der Waals surface area contributed by atoms with Gasteiger partial charge in [-0.3, -0.25) is 9.20 Å². The second kappa shape index (κ2) is 9.30. The summed E-state index contributed by atoms with van der Waals surface area (Å²) < 4.78 is 7.67. The highest BCUT2D eigenvalue weighted by molar-refractivity contribution is 7.99. The first kappa shape index (κ1) is 22.2. The Labute approximate surface area is 201 Å². The molecule has 7 nitrogen and oxygen atoms in total. The number of benzene rings is 1. The number of para-hydroxylation sites is 2. The van der Waals surface area contributed by atoms with Gasteiger partial charge in [-0.25, -0.2) is 4.98 Å². The minimum absolute atomic E-state index is 0.114. The van der Waals surface area contributed by atoms with E-state index >= 15 is 0 Å². The van der Waals surface area contributed by atoms with Gasteiger partial charge >= 0.3 is 0 Å². The number of carbonyl (C=O) groups excluding carboxylic acids is 1. The topological polar surface area (TPSA) is 81.4 Å². The summed E-state index contributed by atoms with van der Waals surface area (Å²) in [6, 6.07) is 7.47. The number of aromatic nitrogens is 4. The fourth-order valence-corrected chi connectivity index (χ4v) is 6.30. The van der Waals surface area contributed by atoms with Crippen molar-refractivity contribution in [2.45, 2.75) is 57.5 Å². The van der Waals surface area contributed by atoms with Gasteiger partial charge in [0.25, 0.3) is 0 Å². The standard InChI is InChI=1S/C24H27N5O2S2/c1-4-31-17-11-7-6-10-16(17)25-19(30)13-32-24-28-27-22-20-15-9-5-8-12-18(15)33-23(20)26-21(14(2)3)29(22)24/h6-7,10-11,14H,4-5,8-9,12-13H2,1-3H3,(H,25,30). The van der Waals surface area contributed by atoms with Crippen LogP contribution in [0.15, 0.2) is 29.4 Å². The van der Waals surface area contributed by atoms with Crippen LogP contribution in [0.2, 0.25) is 0 Å². The molecule has 0 spiro atoms. The molecular formula is C24H27N5O2S2. The van der Waals surface area contributed by atoms with Crippen LogP contribution in [0.1, 0.15) is 55.8 Å². The zero-order valence-electron chi connectivity index (χ0n) is 19.1. The minimum atomic E-state index is -0.114. The van der Waals surface area contributed by atoms with Gasteiger partial charge < -0.3 is 10.1 Å². The Hall–Kier alpha value is -2.65. The quantitative estimate of drug-likeness (QED) is 0.353. The molecule has 3 heterocycles. The Morgan fingerprint density at radius 1 is 1.24 bits per heavy atom. The van der Waals surface area contributed by atoms with E-state index in [0.29, 0.717) is 23.2 Å². The maximum Gasteiger partial charge on any atom is 0.234 e. The number of hydrogen-bond acceptors (Lipinski definition) is 7. The molecule has 0 unspecified atom stereocenters. The van der Waals surface area contributed by atoms with E-state index in [1.54, 1.807) is 11.3 Å². The van der Waals surface area contributed by atoms with E-state index in [-0.39, 0.29) is 17.6 Å². The maximum absolute atomic E-state index is 12.7. The summed E-state index contributed by atoms with van der Waals surface area (Å²) in [5.41, 5.74) is 2.93. The van der Waals surface area contributed by atoms with E-state index in [0.717, 1.165) is 34.5 Å². The molecular weight excluding hydrogens is 454 g/mol. The number of amides is 1. The Morgan fingerprint density at radius 2 is 2.06 bits per heavy atom. The molecule has 1 aromatic carbocycles. The van der Waals surface area contributed by atoms with Gasteiger partial charge in [0.15, 0.2) is 10.8 Å². The van der Waals surface area contributed by atoms with Crippen LogP contribution in [0.3, 0.4) is 0 Å². The first-order valence-corrected chi connectivity index (χ1v) is 13.2. The Kier molecular flexibility index (Phi) is 6.25. The summed E-state index contributed by atoms with van der Waals surface area (Å²) >= 11 is 3.19. The van der Waals surface area contributed by atoms with Gasteiger partial charge in [-0.05, 0) is 50.3 Å². The number of anilines is 1. The number of carbonyl (C=O) groups is 1. The second-order valence-corrected chi connectivity index (χ2v) is 10.4. The third-order valence-electron chi connectivity index (χ3n) is 5.76. The SMILES string of the molecule is CCOc1ccccc1NC(=O)CSc1nnc2c3c4c(sc3nc(C(C)C)n12)CCCC4. The molecule has 0 saturated carbocycles. The average molecular weight is 482 g/mol. The monoisotopic (exact) mass is 481 g/mol. The van der Waals surface area contributed by atoms with Crippen molar-refractivity contribution in [2.24, 2.45) is 0 Å². The molecule has 172 valence electrons. The molecule has 3 aromatic heterocycles. The first-order chi connectivity index (χ1) is 16.1. The molecule has 9 heteroatoms. The lowest BCUT2D eigenvalue weighted by atomic mass is 9.97. The Morgan fingerprint density at radius 3 is 2.88 bits per heavy atom. The molecule has 33 heavy (non-hydrogen) atoms. The van der Waals surface area contributed by atoms with Crippen LogP contribution in [0.5, 0.6) is 5.75 Å². The largest absolute Gasteiger partial charge is 0.492 e. The van der Waals surface area contributed by atoms with Gasteiger partial charge in [0.1, 0.15) is 16.4 Å². The number of fused-ring (bicyclic) bond motifs is 5. The summed E-state index contributed by atoms with van der Waals surface area (Å²) in [7, 11) is 0. The Balaban J connectivity index is 1.45. The molecule has 1 amide bonds. The smallest absolute Gasteiger partial charge is 0.234 e.